The molecule has 0 saturated carbocycles. The molecule has 1 atom stereocenters. The molecular formula is C27H28N4O4. The zero-order chi connectivity index (χ0) is 25.0. The first-order valence-corrected chi connectivity index (χ1v) is 11.5. The zero-order valence-electron chi connectivity index (χ0n) is 19.8. The fourth-order valence-electron chi connectivity index (χ4n) is 4.20. The second-order valence-electron chi connectivity index (χ2n) is 8.68. The van der Waals surface area contributed by atoms with Crippen molar-refractivity contribution in [1.82, 2.24) is 20.4 Å². The number of carbonyl (C=O) groups is 4. The van der Waals surface area contributed by atoms with Crippen LogP contribution in [0.1, 0.15) is 25.0 Å². The summed E-state index contributed by atoms with van der Waals surface area (Å²) in [6, 6.07) is 22.2. The van der Waals surface area contributed by atoms with Crippen LogP contribution in [0.3, 0.4) is 0 Å². The summed E-state index contributed by atoms with van der Waals surface area (Å²) in [6.45, 7) is 3.73. The molecule has 1 fully saturated rings. The quantitative estimate of drug-likeness (QED) is 0.493. The van der Waals surface area contributed by atoms with E-state index in [4.69, 9.17) is 0 Å². The minimum Gasteiger partial charge on any atom is -0.345 e. The van der Waals surface area contributed by atoms with Crippen LogP contribution in [0.15, 0.2) is 72.8 Å². The number of hydrogen-bond donors (Lipinski definition) is 2. The smallest absolute Gasteiger partial charge is 0.325 e. The van der Waals surface area contributed by atoms with Crippen LogP contribution in [0.25, 0.3) is 10.8 Å². The molecule has 0 aliphatic carbocycles. The molecule has 0 aromatic heterocycles. The summed E-state index contributed by atoms with van der Waals surface area (Å²) < 4.78 is 0. The van der Waals surface area contributed by atoms with Crippen molar-refractivity contribution in [2.45, 2.75) is 25.9 Å². The summed E-state index contributed by atoms with van der Waals surface area (Å²) in [5.74, 6) is -1.35. The summed E-state index contributed by atoms with van der Waals surface area (Å²) >= 11 is 0. The number of likely N-dealkylation sites (N-methyl/N-ethyl adjacent to an activating group) is 1. The maximum absolute atomic E-state index is 13.2. The van der Waals surface area contributed by atoms with Crippen molar-refractivity contribution in [3.63, 3.8) is 0 Å². The molecule has 1 heterocycles. The molecule has 0 unspecified atom stereocenters. The summed E-state index contributed by atoms with van der Waals surface area (Å²) in [5.41, 5.74) is 0.333. The predicted octanol–water partition coefficient (Wildman–Crippen LogP) is 2.77. The Kier molecular flexibility index (Phi) is 6.82. The van der Waals surface area contributed by atoms with Crippen LogP contribution in [0.2, 0.25) is 0 Å². The third-order valence-electron chi connectivity index (χ3n) is 6.29. The van der Waals surface area contributed by atoms with Crippen molar-refractivity contribution in [1.29, 1.82) is 0 Å². The highest BCUT2D eigenvalue weighted by molar-refractivity contribution is 6.09. The van der Waals surface area contributed by atoms with Gasteiger partial charge in [0.1, 0.15) is 12.1 Å². The number of imide groups is 1. The molecule has 8 heteroatoms. The van der Waals surface area contributed by atoms with Crippen molar-refractivity contribution in [2.24, 2.45) is 0 Å². The Balaban J connectivity index is 1.38. The van der Waals surface area contributed by atoms with Gasteiger partial charge in [-0.3, -0.25) is 19.3 Å². The number of amides is 5. The van der Waals surface area contributed by atoms with Gasteiger partial charge in [0.25, 0.3) is 5.91 Å². The van der Waals surface area contributed by atoms with Crippen molar-refractivity contribution in [3.05, 3.63) is 83.9 Å². The first-order valence-electron chi connectivity index (χ1n) is 11.5. The zero-order valence-corrected chi connectivity index (χ0v) is 19.8. The van der Waals surface area contributed by atoms with E-state index in [1.54, 1.807) is 17.9 Å². The summed E-state index contributed by atoms with van der Waals surface area (Å²) in [6.07, 6.45) is 0. The Bertz CT molecular complexity index is 1280. The van der Waals surface area contributed by atoms with E-state index >= 15 is 0 Å². The third-order valence-corrected chi connectivity index (χ3v) is 6.29. The Morgan fingerprint density at radius 3 is 2.37 bits per heavy atom. The molecule has 8 nitrogen and oxygen atoms in total. The number of fused-ring (bicyclic) bond motifs is 1. The van der Waals surface area contributed by atoms with Gasteiger partial charge in [0.05, 0.1) is 6.54 Å². The molecule has 0 radical (unpaired) electrons. The van der Waals surface area contributed by atoms with Gasteiger partial charge < -0.3 is 15.5 Å². The molecule has 5 amide bonds. The van der Waals surface area contributed by atoms with Crippen molar-refractivity contribution < 1.29 is 19.2 Å². The second-order valence-corrected chi connectivity index (χ2v) is 8.68. The van der Waals surface area contributed by atoms with Gasteiger partial charge in [-0.15, -0.1) is 0 Å². The minimum absolute atomic E-state index is 0.217. The molecule has 4 rings (SSSR count). The number of rotatable bonds is 8. The second kappa shape index (κ2) is 9.97. The number of nitrogens with one attached hydrogen (secondary N) is 2. The van der Waals surface area contributed by atoms with Crippen LogP contribution in [0.4, 0.5) is 4.79 Å². The Morgan fingerprint density at radius 2 is 1.66 bits per heavy atom. The van der Waals surface area contributed by atoms with Gasteiger partial charge in [0.2, 0.25) is 11.8 Å². The fraction of sp³-hybridized carbons (Fsp3) is 0.259. The lowest BCUT2D eigenvalue weighted by Gasteiger charge is -2.23. The van der Waals surface area contributed by atoms with Crippen LogP contribution < -0.4 is 10.6 Å². The van der Waals surface area contributed by atoms with Gasteiger partial charge in [0, 0.05) is 13.1 Å². The first-order chi connectivity index (χ1) is 16.8. The molecule has 3 aromatic rings. The number of nitrogens with zero attached hydrogens (tertiary/aromatic N) is 2. The molecular weight excluding hydrogens is 444 g/mol. The largest absolute Gasteiger partial charge is 0.345 e. The lowest BCUT2D eigenvalue weighted by Crippen LogP contribution is -2.45. The summed E-state index contributed by atoms with van der Waals surface area (Å²) in [5, 5.41) is 7.22. The van der Waals surface area contributed by atoms with Crippen LogP contribution in [0.5, 0.6) is 0 Å². The van der Waals surface area contributed by atoms with Gasteiger partial charge in [-0.1, -0.05) is 66.7 Å². The fourth-order valence-corrected chi connectivity index (χ4v) is 4.20. The van der Waals surface area contributed by atoms with Gasteiger partial charge >= 0.3 is 6.03 Å². The molecule has 0 bridgehead atoms. The maximum Gasteiger partial charge on any atom is 0.325 e. The van der Waals surface area contributed by atoms with E-state index in [2.05, 4.69) is 10.6 Å². The Hall–Kier alpha value is -4.20. The molecule has 3 aromatic carbocycles. The van der Waals surface area contributed by atoms with Crippen LogP contribution in [-0.4, -0.2) is 53.2 Å². The highest BCUT2D eigenvalue weighted by Crippen LogP contribution is 2.30. The molecule has 0 spiro atoms. The van der Waals surface area contributed by atoms with Crippen LogP contribution >= 0.6 is 0 Å². The third kappa shape index (κ3) is 5.01. The SMILES string of the molecule is CCN(Cc1ccccc1)C(=O)CNC(=O)CN1C(=O)N[C@@](C)(c2ccc3ccccc3c2)C1=O. The molecule has 180 valence electrons. The van der Waals surface area contributed by atoms with E-state index in [1.165, 1.54) is 0 Å². The predicted molar refractivity (Wildman–Crippen MR) is 132 cm³/mol. The monoisotopic (exact) mass is 472 g/mol. The molecule has 1 saturated heterocycles. The van der Waals surface area contributed by atoms with Gasteiger partial charge in [-0.2, -0.15) is 0 Å². The van der Waals surface area contributed by atoms with E-state index in [-0.39, 0.29) is 12.5 Å². The lowest BCUT2D eigenvalue weighted by molar-refractivity contribution is -0.136. The van der Waals surface area contributed by atoms with Gasteiger partial charge in [0.15, 0.2) is 0 Å². The number of benzene rings is 3. The van der Waals surface area contributed by atoms with Crippen LogP contribution in [0, 0.1) is 0 Å². The minimum atomic E-state index is -1.29. The van der Waals surface area contributed by atoms with E-state index < -0.39 is 29.9 Å². The summed E-state index contributed by atoms with van der Waals surface area (Å²) in [7, 11) is 0. The summed E-state index contributed by atoms with van der Waals surface area (Å²) in [4.78, 5) is 53.4. The van der Waals surface area contributed by atoms with E-state index in [0.29, 0.717) is 18.7 Å². The van der Waals surface area contributed by atoms with Gasteiger partial charge in [-0.25, -0.2) is 4.79 Å². The van der Waals surface area contributed by atoms with Crippen molar-refractivity contribution in [3.8, 4) is 0 Å². The molecule has 1 aliphatic heterocycles. The first kappa shape index (κ1) is 23.9. The standard InChI is InChI=1S/C27H28N4O4/c1-3-30(17-19-9-5-4-6-10-19)24(33)16-28-23(32)18-31-25(34)27(2,29-26(31)35)22-14-13-20-11-7-8-12-21(20)15-22/h4-15H,3,16-18H2,1-2H3,(H,28,32)(H,29,35)/t27-/m0/s1. The normalized spacial score (nSPS) is 17.4. The van der Waals surface area contributed by atoms with Gasteiger partial charge in [-0.05, 0) is 41.8 Å². The molecule has 2 N–H and O–H groups in total. The average Bonchev–Trinajstić information content (AvgIpc) is 3.09. The van der Waals surface area contributed by atoms with E-state index in [0.717, 1.165) is 21.2 Å². The Morgan fingerprint density at radius 1 is 0.971 bits per heavy atom. The van der Waals surface area contributed by atoms with Crippen molar-refractivity contribution >= 4 is 34.5 Å². The van der Waals surface area contributed by atoms with E-state index in [1.807, 2.05) is 73.7 Å². The topological polar surface area (TPSA) is 98.8 Å². The number of urea groups is 1. The van der Waals surface area contributed by atoms with E-state index in [9.17, 15) is 19.2 Å². The highest BCUT2D eigenvalue weighted by Gasteiger charge is 2.49. The highest BCUT2D eigenvalue weighted by atomic mass is 16.2. The number of hydrogen-bond acceptors (Lipinski definition) is 4. The maximum atomic E-state index is 13.2. The van der Waals surface area contributed by atoms with Crippen LogP contribution in [-0.2, 0) is 26.5 Å². The average molecular weight is 473 g/mol. The molecule has 35 heavy (non-hydrogen) atoms. The lowest BCUT2D eigenvalue weighted by atomic mass is 9.90. The molecule has 1 aliphatic rings. The van der Waals surface area contributed by atoms with Crippen molar-refractivity contribution in [2.75, 3.05) is 19.6 Å². The Labute approximate surface area is 203 Å². The number of carbonyl (C=O) groups excluding carboxylic acids is 4.